The highest BCUT2D eigenvalue weighted by Gasteiger charge is 2.21. The summed E-state index contributed by atoms with van der Waals surface area (Å²) in [6.07, 6.45) is 22.2. The Hall–Kier alpha value is -6.52. The first-order valence-corrected chi connectivity index (χ1v) is 26.9. The number of hydrogen-bond donors (Lipinski definition) is 0. The number of aryl methyl sites for hydroxylation is 12. The molecule has 4 aromatic heterocycles. The van der Waals surface area contributed by atoms with Gasteiger partial charge in [-0.15, -0.1) is 0 Å². The van der Waals surface area contributed by atoms with Gasteiger partial charge in [0.25, 0.3) is 0 Å². The molecular weight excluding hydrogens is 873 g/mol. The summed E-state index contributed by atoms with van der Waals surface area (Å²) >= 11 is 0. The van der Waals surface area contributed by atoms with Gasteiger partial charge in [-0.25, -0.2) is 18.3 Å². The molecule has 10 rings (SSSR count). The van der Waals surface area contributed by atoms with Crippen LogP contribution in [0, 0.1) is 48.5 Å². The minimum atomic E-state index is 0.793. The summed E-state index contributed by atoms with van der Waals surface area (Å²) in [5.41, 5.74) is 24.3. The molecule has 0 bridgehead atoms. The van der Waals surface area contributed by atoms with Crippen molar-refractivity contribution in [2.75, 3.05) is 0 Å². The quantitative estimate of drug-likeness (QED) is 0.142. The minimum Gasteiger partial charge on any atom is -0.201 e. The third-order valence-corrected chi connectivity index (χ3v) is 15.3. The topological polar surface area (TPSA) is 15.5 Å². The molecule has 0 spiro atoms. The van der Waals surface area contributed by atoms with E-state index < -0.39 is 0 Å². The zero-order valence-corrected chi connectivity index (χ0v) is 46.0. The lowest BCUT2D eigenvalue weighted by Gasteiger charge is -2.22. The molecule has 2 aliphatic rings. The Labute approximate surface area is 434 Å². The van der Waals surface area contributed by atoms with Crippen LogP contribution in [0.1, 0.15) is 132 Å². The first-order valence-electron chi connectivity index (χ1n) is 26.9. The highest BCUT2D eigenvalue weighted by molar-refractivity contribution is 5.64. The van der Waals surface area contributed by atoms with Gasteiger partial charge in [0.1, 0.15) is 28.2 Å². The van der Waals surface area contributed by atoms with Gasteiger partial charge in [-0.05, 0) is 180 Å². The second-order valence-corrected chi connectivity index (χ2v) is 21.1. The van der Waals surface area contributed by atoms with E-state index in [4.69, 9.17) is 0 Å². The van der Waals surface area contributed by atoms with Gasteiger partial charge in [-0.2, -0.15) is 0 Å². The van der Waals surface area contributed by atoms with Crippen LogP contribution in [0.4, 0.5) is 0 Å². The monoisotopic (exact) mass is 957 g/mol. The van der Waals surface area contributed by atoms with Crippen molar-refractivity contribution in [1.29, 1.82) is 0 Å². The summed E-state index contributed by atoms with van der Waals surface area (Å²) in [6.45, 7) is 17.4. The first-order chi connectivity index (χ1) is 34.7. The van der Waals surface area contributed by atoms with Crippen molar-refractivity contribution in [1.82, 2.24) is 0 Å². The van der Waals surface area contributed by atoms with E-state index in [2.05, 4.69) is 260 Å². The lowest BCUT2D eigenvalue weighted by atomic mass is 9.83. The second-order valence-electron chi connectivity index (χ2n) is 21.1. The molecule has 0 unspecified atom stereocenters. The van der Waals surface area contributed by atoms with Crippen molar-refractivity contribution in [2.24, 2.45) is 28.2 Å². The Kier molecular flexibility index (Phi) is 18.7. The molecule has 2 saturated carbocycles. The standard InChI is InChI=1S/C19H24N.C18H22N.C16H20N.C15H18N/c1-15-14-17(16-8-4-3-5-9-16)11-12-18(15)19-10-6-7-13-20(19)2;1-14-13-16(15-7-3-4-8-15)10-11-17(14)18-9-5-6-12-19(18)2;1-5-14-7-8-15(13(3)10-14)16-9-6-12(2)11-17(16)4;1-11-5-7-14(13(3)9-11)15-8-6-12(2)10-16(15)4/h6-7,10-14,16H,3-5,8-9H2,1-2H3;5-6,9-13,15H,3-4,7-8H2,1-2H3;6-11H,5H2,1-4H3;5-10H,1-4H3/q4*+1. The molecule has 0 N–H and O–H groups in total. The van der Waals surface area contributed by atoms with E-state index in [-0.39, 0.29) is 0 Å². The van der Waals surface area contributed by atoms with Crippen LogP contribution >= 0.6 is 0 Å². The summed E-state index contributed by atoms with van der Waals surface area (Å²) in [7, 11) is 8.43. The molecule has 4 nitrogen and oxygen atoms in total. The molecule has 2 aliphatic carbocycles. The van der Waals surface area contributed by atoms with E-state index in [1.807, 2.05) is 0 Å². The van der Waals surface area contributed by atoms with Crippen LogP contribution in [-0.2, 0) is 34.6 Å². The second kappa shape index (κ2) is 25.2. The molecule has 0 amide bonds. The van der Waals surface area contributed by atoms with E-state index in [0.717, 1.165) is 18.3 Å². The summed E-state index contributed by atoms with van der Waals surface area (Å²) in [5.74, 6) is 1.60. The van der Waals surface area contributed by atoms with Gasteiger partial charge in [0.2, 0.25) is 22.8 Å². The minimum absolute atomic E-state index is 0.793. The molecule has 0 radical (unpaired) electrons. The van der Waals surface area contributed by atoms with Gasteiger partial charge in [-0.1, -0.05) is 93.1 Å². The Morgan fingerprint density at radius 3 is 1.12 bits per heavy atom. The van der Waals surface area contributed by atoms with Crippen molar-refractivity contribution in [3.05, 3.63) is 214 Å². The lowest BCUT2D eigenvalue weighted by molar-refractivity contribution is -0.660. The van der Waals surface area contributed by atoms with E-state index in [0.29, 0.717) is 0 Å². The largest absolute Gasteiger partial charge is 0.212 e. The maximum Gasteiger partial charge on any atom is 0.212 e. The number of pyridine rings is 4. The third kappa shape index (κ3) is 13.7. The molecular formula is C68H84N4+4. The summed E-state index contributed by atoms with van der Waals surface area (Å²) < 4.78 is 8.77. The van der Waals surface area contributed by atoms with Crippen molar-refractivity contribution in [2.45, 2.75) is 131 Å². The van der Waals surface area contributed by atoms with E-state index in [1.165, 1.54) is 153 Å². The third-order valence-electron chi connectivity index (χ3n) is 15.3. The first kappa shape index (κ1) is 53.3. The molecule has 4 aromatic carbocycles. The van der Waals surface area contributed by atoms with Crippen LogP contribution < -0.4 is 18.3 Å². The summed E-state index contributed by atoms with van der Waals surface area (Å²) in [4.78, 5) is 0. The maximum atomic E-state index is 2.42. The number of benzene rings is 4. The van der Waals surface area contributed by atoms with Gasteiger partial charge >= 0.3 is 0 Å². The van der Waals surface area contributed by atoms with Crippen molar-refractivity contribution in [3.8, 4) is 45.0 Å². The van der Waals surface area contributed by atoms with Crippen molar-refractivity contribution >= 4 is 0 Å². The Morgan fingerprint density at radius 2 is 0.736 bits per heavy atom. The fourth-order valence-corrected chi connectivity index (χ4v) is 11.1. The summed E-state index contributed by atoms with van der Waals surface area (Å²) in [5, 5.41) is 0. The number of aromatic nitrogens is 4. The van der Waals surface area contributed by atoms with E-state index >= 15 is 0 Å². The molecule has 372 valence electrons. The normalized spacial score (nSPS) is 13.6. The highest BCUT2D eigenvalue weighted by atomic mass is 14.9. The van der Waals surface area contributed by atoms with Crippen LogP contribution in [0.5, 0.6) is 0 Å². The average Bonchev–Trinajstić information content (AvgIpc) is 3.92. The fraction of sp³-hybridized carbons (Fsp3) is 0.353. The molecule has 0 atom stereocenters. The predicted molar refractivity (Wildman–Crippen MR) is 302 cm³/mol. The molecule has 4 heteroatoms. The number of rotatable bonds is 7. The highest BCUT2D eigenvalue weighted by Crippen LogP contribution is 2.37. The van der Waals surface area contributed by atoms with Gasteiger partial charge in [0, 0.05) is 69.8 Å². The Balaban J connectivity index is 0.000000141. The smallest absolute Gasteiger partial charge is 0.201 e. The summed E-state index contributed by atoms with van der Waals surface area (Å²) in [6, 6.07) is 49.0. The average molecular weight is 957 g/mol. The Morgan fingerprint density at radius 1 is 0.361 bits per heavy atom. The fourth-order valence-electron chi connectivity index (χ4n) is 11.1. The Bertz CT molecular complexity index is 3020. The lowest BCUT2D eigenvalue weighted by Crippen LogP contribution is -2.31. The molecule has 8 aromatic rings. The zero-order chi connectivity index (χ0) is 51.3. The van der Waals surface area contributed by atoms with Crippen LogP contribution in [0.25, 0.3) is 45.0 Å². The molecule has 2 fully saturated rings. The van der Waals surface area contributed by atoms with Crippen LogP contribution in [0.2, 0.25) is 0 Å². The SMILES string of the molecule is CCc1ccc(-c2ccc(C)c[n+]2C)c(C)c1.Cc1cc(C2CCCC2)ccc1-c1cccc[n+]1C.Cc1cc(C2CCCCC2)ccc1-c1cccc[n+]1C.Cc1ccc(-c2ccc(C)c[n+]2C)c(C)c1. The molecule has 4 heterocycles. The van der Waals surface area contributed by atoms with Crippen LogP contribution in [0.3, 0.4) is 0 Å². The predicted octanol–water partition coefficient (Wildman–Crippen LogP) is 15.1. The maximum absolute atomic E-state index is 2.42. The molecule has 0 saturated heterocycles. The number of nitrogens with zero attached hydrogens (tertiary/aromatic N) is 4. The molecule has 72 heavy (non-hydrogen) atoms. The van der Waals surface area contributed by atoms with Gasteiger partial charge in [0.15, 0.2) is 24.8 Å². The van der Waals surface area contributed by atoms with Crippen LogP contribution in [0.15, 0.2) is 158 Å². The van der Waals surface area contributed by atoms with E-state index in [1.54, 1.807) is 5.56 Å². The van der Waals surface area contributed by atoms with Gasteiger partial charge in [-0.3, -0.25) is 0 Å². The van der Waals surface area contributed by atoms with Crippen molar-refractivity contribution in [3.63, 3.8) is 0 Å². The molecule has 0 aliphatic heterocycles. The number of hydrogen-bond acceptors (Lipinski definition) is 0. The zero-order valence-electron chi connectivity index (χ0n) is 46.0. The van der Waals surface area contributed by atoms with Gasteiger partial charge in [0.05, 0.1) is 0 Å². The van der Waals surface area contributed by atoms with Crippen LogP contribution in [-0.4, -0.2) is 0 Å². The van der Waals surface area contributed by atoms with Crippen molar-refractivity contribution < 1.29 is 18.3 Å². The van der Waals surface area contributed by atoms with Gasteiger partial charge < -0.3 is 0 Å². The van der Waals surface area contributed by atoms with E-state index in [9.17, 15) is 0 Å².